The molecule has 0 aliphatic carbocycles. The summed E-state index contributed by atoms with van der Waals surface area (Å²) >= 11 is 5.92. The molecule has 28 heavy (non-hydrogen) atoms. The van der Waals surface area contributed by atoms with Crippen LogP contribution in [0.4, 0.5) is 0 Å². The summed E-state index contributed by atoms with van der Waals surface area (Å²) in [6, 6.07) is 11.3. The Morgan fingerprint density at radius 2 is 1.93 bits per heavy atom. The molecule has 0 radical (unpaired) electrons. The molecule has 0 aliphatic heterocycles. The molecule has 3 aromatic rings. The highest BCUT2D eigenvalue weighted by Crippen LogP contribution is 2.25. The van der Waals surface area contributed by atoms with Crippen LogP contribution in [-0.4, -0.2) is 28.3 Å². The Morgan fingerprint density at radius 3 is 2.64 bits per heavy atom. The largest absolute Gasteiger partial charge is 0.481 e. The van der Waals surface area contributed by atoms with Crippen molar-refractivity contribution >= 4 is 40.7 Å². The van der Waals surface area contributed by atoms with Gasteiger partial charge in [0, 0.05) is 27.6 Å². The highest BCUT2D eigenvalue weighted by atomic mass is 35.5. The van der Waals surface area contributed by atoms with Crippen LogP contribution in [0.3, 0.4) is 0 Å². The molecule has 0 bridgehead atoms. The Kier molecular flexibility index (Phi) is 5.56. The van der Waals surface area contributed by atoms with Gasteiger partial charge in [-0.05, 0) is 29.8 Å². The lowest BCUT2D eigenvalue weighted by Gasteiger charge is -2.19. The van der Waals surface area contributed by atoms with Crippen LogP contribution in [0.5, 0.6) is 0 Å². The van der Waals surface area contributed by atoms with Crippen LogP contribution in [-0.2, 0) is 4.79 Å². The number of aromatic amines is 1. The normalized spacial score (nSPS) is 11.8. The number of amides is 1. The lowest BCUT2D eigenvalue weighted by molar-refractivity contribution is -0.137. The lowest BCUT2D eigenvalue weighted by Crippen LogP contribution is -2.31. The van der Waals surface area contributed by atoms with E-state index < -0.39 is 29.9 Å². The molecule has 1 atom stereocenters. The molecule has 8 heteroatoms. The Balaban J connectivity index is 2.07. The van der Waals surface area contributed by atoms with Crippen molar-refractivity contribution in [3.8, 4) is 0 Å². The number of carbonyl (C=O) groups excluding carboxylic acids is 2. The van der Waals surface area contributed by atoms with Gasteiger partial charge in [-0.25, -0.2) is 0 Å². The molecule has 1 heterocycles. The van der Waals surface area contributed by atoms with Crippen molar-refractivity contribution in [2.24, 2.45) is 0 Å². The highest BCUT2D eigenvalue weighted by Gasteiger charge is 2.23. The molecule has 0 saturated carbocycles. The number of nitrogens with one attached hydrogen (secondary N) is 2. The molecule has 3 N–H and O–H groups in total. The topological polar surface area (TPSA) is 116 Å². The van der Waals surface area contributed by atoms with Gasteiger partial charge in [-0.2, -0.15) is 0 Å². The maximum absolute atomic E-state index is 12.8. The van der Waals surface area contributed by atoms with Crippen LogP contribution in [0.15, 0.2) is 53.3 Å². The summed E-state index contributed by atoms with van der Waals surface area (Å²) in [4.78, 5) is 50.1. The molecule has 1 aromatic heterocycles. The fourth-order valence-electron chi connectivity index (χ4n) is 3.00. The number of pyridine rings is 1. The van der Waals surface area contributed by atoms with Crippen LogP contribution in [0, 0.1) is 0 Å². The van der Waals surface area contributed by atoms with E-state index in [9.17, 15) is 24.3 Å². The minimum absolute atomic E-state index is 0.0204. The third-order valence-corrected chi connectivity index (χ3v) is 4.46. The number of carboxylic acid groups (broad SMARTS) is 1. The van der Waals surface area contributed by atoms with Crippen LogP contribution < -0.4 is 10.9 Å². The fraction of sp³-hybridized carbons (Fsp3) is 0.100. The summed E-state index contributed by atoms with van der Waals surface area (Å²) in [6.45, 7) is 0. The molecule has 1 amide bonds. The van der Waals surface area contributed by atoms with Gasteiger partial charge in [0.2, 0.25) is 5.56 Å². The maximum atomic E-state index is 12.8. The van der Waals surface area contributed by atoms with Crippen molar-refractivity contribution < 1.29 is 19.5 Å². The first-order valence-electron chi connectivity index (χ1n) is 8.28. The molecule has 142 valence electrons. The average Bonchev–Trinajstić information content (AvgIpc) is 2.66. The Bertz CT molecular complexity index is 1140. The standard InChI is InChI=1S/C20H15ClN2O5/c21-12-6-5-11(10-24)14(7-12)20(28)23-17(9-19(26)27)15-8-18(25)22-16-4-2-1-3-13(15)16/h1-8,10,17H,9H2,(H,22,25)(H,23,28)(H,26,27). The number of hydrogen-bond acceptors (Lipinski definition) is 4. The number of aliphatic carboxylic acids is 1. The number of hydrogen-bond donors (Lipinski definition) is 3. The first kappa shape index (κ1) is 19.3. The van der Waals surface area contributed by atoms with Gasteiger partial charge in [0.15, 0.2) is 6.29 Å². The molecule has 0 spiro atoms. The number of carbonyl (C=O) groups is 3. The smallest absolute Gasteiger partial charge is 0.305 e. The van der Waals surface area contributed by atoms with Crippen LogP contribution in [0.1, 0.15) is 38.7 Å². The Morgan fingerprint density at radius 1 is 1.18 bits per heavy atom. The molecule has 0 aliphatic rings. The van der Waals surface area contributed by atoms with Gasteiger partial charge < -0.3 is 15.4 Å². The van der Waals surface area contributed by atoms with Gasteiger partial charge in [-0.15, -0.1) is 0 Å². The average molecular weight is 399 g/mol. The molecule has 3 rings (SSSR count). The summed E-state index contributed by atoms with van der Waals surface area (Å²) in [5.74, 6) is -1.82. The van der Waals surface area contributed by atoms with Crippen molar-refractivity contribution in [3.05, 3.63) is 80.6 Å². The van der Waals surface area contributed by atoms with E-state index in [4.69, 9.17) is 11.6 Å². The quantitative estimate of drug-likeness (QED) is 0.552. The summed E-state index contributed by atoms with van der Waals surface area (Å²) < 4.78 is 0. The van der Waals surface area contributed by atoms with Gasteiger partial charge >= 0.3 is 5.97 Å². The number of aromatic nitrogens is 1. The second-order valence-corrected chi connectivity index (χ2v) is 6.54. The van der Waals surface area contributed by atoms with Crippen molar-refractivity contribution in [1.82, 2.24) is 10.3 Å². The molecule has 2 aromatic carbocycles. The van der Waals surface area contributed by atoms with E-state index in [0.717, 1.165) is 0 Å². The first-order valence-corrected chi connectivity index (χ1v) is 8.66. The van der Waals surface area contributed by atoms with Crippen molar-refractivity contribution in [3.63, 3.8) is 0 Å². The molecule has 1 unspecified atom stereocenters. The second-order valence-electron chi connectivity index (χ2n) is 6.11. The predicted molar refractivity (Wildman–Crippen MR) is 104 cm³/mol. The lowest BCUT2D eigenvalue weighted by atomic mass is 9.98. The molecule has 0 fully saturated rings. The van der Waals surface area contributed by atoms with E-state index >= 15 is 0 Å². The maximum Gasteiger partial charge on any atom is 0.305 e. The zero-order valence-electron chi connectivity index (χ0n) is 14.4. The monoisotopic (exact) mass is 398 g/mol. The van der Waals surface area contributed by atoms with Gasteiger partial charge in [0.05, 0.1) is 18.0 Å². The number of halogens is 1. The van der Waals surface area contributed by atoms with E-state index in [1.54, 1.807) is 24.3 Å². The van der Waals surface area contributed by atoms with E-state index in [2.05, 4.69) is 10.3 Å². The van der Waals surface area contributed by atoms with E-state index in [1.165, 1.54) is 24.3 Å². The number of para-hydroxylation sites is 1. The van der Waals surface area contributed by atoms with E-state index in [1.807, 2.05) is 0 Å². The van der Waals surface area contributed by atoms with Gasteiger partial charge in [0.25, 0.3) is 5.91 Å². The number of rotatable bonds is 6. The second kappa shape index (κ2) is 8.06. The fourth-order valence-corrected chi connectivity index (χ4v) is 3.17. The summed E-state index contributed by atoms with van der Waals surface area (Å²) in [7, 11) is 0. The van der Waals surface area contributed by atoms with Gasteiger partial charge in [-0.1, -0.05) is 29.8 Å². The number of fused-ring (bicyclic) bond motifs is 1. The number of benzene rings is 2. The minimum Gasteiger partial charge on any atom is -0.481 e. The Labute approximate surface area is 164 Å². The zero-order valence-corrected chi connectivity index (χ0v) is 15.2. The molecule has 0 saturated heterocycles. The molecular formula is C20H15ClN2O5. The minimum atomic E-state index is -1.16. The number of carboxylic acids is 1. The summed E-state index contributed by atoms with van der Waals surface area (Å²) in [5, 5.41) is 12.8. The SMILES string of the molecule is O=Cc1ccc(Cl)cc1C(=O)NC(CC(=O)O)c1cc(=O)[nH]c2ccccc12. The number of H-pyrrole nitrogens is 1. The van der Waals surface area contributed by atoms with Gasteiger partial charge in [0.1, 0.15) is 0 Å². The van der Waals surface area contributed by atoms with Crippen molar-refractivity contribution in [2.45, 2.75) is 12.5 Å². The van der Waals surface area contributed by atoms with Crippen molar-refractivity contribution in [2.75, 3.05) is 0 Å². The highest BCUT2D eigenvalue weighted by molar-refractivity contribution is 6.31. The molecular weight excluding hydrogens is 384 g/mol. The van der Waals surface area contributed by atoms with Crippen LogP contribution in [0.25, 0.3) is 10.9 Å². The first-order chi connectivity index (χ1) is 13.4. The summed E-state index contributed by atoms with van der Waals surface area (Å²) in [5.41, 5.74) is 0.601. The zero-order chi connectivity index (χ0) is 20.3. The van der Waals surface area contributed by atoms with E-state index in [-0.39, 0.29) is 16.1 Å². The van der Waals surface area contributed by atoms with Crippen LogP contribution >= 0.6 is 11.6 Å². The van der Waals surface area contributed by atoms with E-state index in [0.29, 0.717) is 22.8 Å². The molecule has 7 nitrogen and oxygen atoms in total. The predicted octanol–water partition coefficient (Wildman–Crippen LogP) is 2.94. The third kappa shape index (κ3) is 4.10. The third-order valence-electron chi connectivity index (χ3n) is 4.23. The van der Waals surface area contributed by atoms with Gasteiger partial charge in [-0.3, -0.25) is 19.2 Å². The number of aldehydes is 1. The van der Waals surface area contributed by atoms with Crippen molar-refractivity contribution in [1.29, 1.82) is 0 Å². The summed E-state index contributed by atoms with van der Waals surface area (Å²) in [6.07, 6.45) is 0.0657. The Hall–Kier alpha value is -3.45. The van der Waals surface area contributed by atoms with Crippen LogP contribution in [0.2, 0.25) is 5.02 Å².